The lowest BCUT2D eigenvalue weighted by atomic mass is 10.0. The van der Waals surface area contributed by atoms with Crippen molar-refractivity contribution in [3.8, 4) is 5.75 Å². The zero-order valence-corrected chi connectivity index (χ0v) is 16.8. The fraction of sp³-hybridized carbons (Fsp3) is 0.261. The Hall–Kier alpha value is -3.41. The van der Waals surface area contributed by atoms with Gasteiger partial charge in [-0.3, -0.25) is 19.4 Å². The molecular formula is C23H24N2O4. The van der Waals surface area contributed by atoms with Gasteiger partial charge in [0.15, 0.2) is 0 Å². The first-order valence-corrected chi connectivity index (χ1v) is 9.51. The molecule has 0 bridgehead atoms. The highest BCUT2D eigenvalue weighted by Crippen LogP contribution is 2.23. The largest absolute Gasteiger partial charge is 0.497 e. The molecule has 0 aromatic heterocycles. The first-order chi connectivity index (χ1) is 13.9. The van der Waals surface area contributed by atoms with Crippen LogP contribution in [-0.2, 0) is 16.0 Å². The highest BCUT2D eigenvalue weighted by Gasteiger charge is 2.42. The molecule has 6 heteroatoms. The van der Waals surface area contributed by atoms with E-state index >= 15 is 0 Å². The number of carbonyl (C=O) groups excluding carboxylic acids is 3. The van der Waals surface area contributed by atoms with Crippen LogP contribution in [0.2, 0.25) is 0 Å². The van der Waals surface area contributed by atoms with Crippen molar-refractivity contribution in [1.82, 2.24) is 9.80 Å². The van der Waals surface area contributed by atoms with Crippen molar-refractivity contribution in [2.24, 2.45) is 0 Å². The number of methoxy groups -OCH3 is 1. The molecule has 6 nitrogen and oxygen atoms in total. The van der Waals surface area contributed by atoms with Crippen LogP contribution < -0.4 is 4.74 Å². The number of urea groups is 1. The second-order valence-electron chi connectivity index (χ2n) is 7.08. The average molecular weight is 392 g/mol. The number of imide groups is 2. The van der Waals surface area contributed by atoms with E-state index in [1.807, 2.05) is 30.3 Å². The van der Waals surface area contributed by atoms with Crippen LogP contribution in [0.15, 0.2) is 60.2 Å². The van der Waals surface area contributed by atoms with Gasteiger partial charge in [0.25, 0.3) is 11.8 Å². The maximum Gasteiger partial charge on any atom is 0.334 e. The lowest BCUT2D eigenvalue weighted by molar-refractivity contribution is -0.136. The molecule has 0 saturated carbocycles. The molecule has 0 unspecified atom stereocenters. The van der Waals surface area contributed by atoms with Crippen LogP contribution in [0.1, 0.15) is 25.0 Å². The Morgan fingerprint density at radius 3 is 2.17 bits per heavy atom. The summed E-state index contributed by atoms with van der Waals surface area (Å²) in [7, 11) is 1.57. The Labute approximate surface area is 170 Å². The van der Waals surface area contributed by atoms with Gasteiger partial charge in [0.1, 0.15) is 11.3 Å². The maximum atomic E-state index is 13.0. The Bertz CT molecular complexity index is 933. The number of barbiturate groups is 1. The minimum absolute atomic E-state index is 0.0171. The van der Waals surface area contributed by atoms with Crippen molar-refractivity contribution >= 4 is 23.9 Å². The summed E-state index contributed by atoms with van der Waals surface area (Å²) in [6.07, 6.45) is 2.05. The molecule has 150 valence electrons. The number of benzene rings is 2. The fourth-order valence-corrected chi connectivity index (χ4v) is 3.20. The average Bonchev–Trinajstić information content (AvgIpc) is 2.72. The van der Waals surface area contributed by atoms with Gasteiger partial charge in [-0.2, -0.15) is 0 Å². The Morgan fingerprint density at radius 2 is 1.59 bits per heavy atom. The van der Waals surface area contributed by atoms with E-state index < -0.39 is 17.8 Å². The van der Waals surface area contributed by atoms with E-state index in [-0.39, 0.29) is 18.2 Å². The Kier molecular flexibility index (Phi) is 6.12. The first-order valence-electron chi connectivity index (χ1n) is 9.51. The molecule has 3 rings (SSSR count). The summed E-state index contributed by atoms with van der Waals surface area (Å²) >= 11 is 0. The van der Waals surface area contributed by atoms with E-state index in [0.717, 1.165) is 15.4 Å². The second-order valence-corrected chi connectivity index (χ2v) is 7.08. The summed E-state index contributed by atoms with van der Waals surface area (Å²) in [6.45, 7) is 3.72. The molecule has 4 amide bonds. The van der Waals surface area contributed by atoms with Crippen molar-refractivity contribution in [1.29, 1.82) is 0 Å². The second kappa shape index (κ2) is 8.73. The van der Waals surface area contributed by atoms with Crippen molar-refractivity contribution < 1.29 is 19.1 Å². The molecule has 1 heterocycles. The molecular weight excluding hydrogens is 368 g/mol. The van der Waals surface area contributed by atoms with Crippen LogP contribution in [0.4, 0.5) is 4.79 Å². The van der Waals surface area contributed by atoms with Crippen LogP contribution in [-0.4, -0.2) is 47.3 Å². The van der Waals surface area contributed by atoms with E-state index in [9.17, 15) is 14.4 Å². The van der Waals surface area contributed by atoms with Crippen LogP contribution in [0, 0.1) is 0 Å². The van der Waals surface area contributed by atoms with Gasteiger partial charge in [0, 0.05) is 12.6 Å². The van der Waals surface area contributed by atoms with Gasteiger partial charge in [-0.05, 0) is 49.6 Å². The lowest BCUT2D eigenvalue weighted by Gasteiger charge is -2.36. The van der Waals surface area contributed by atoms with E-state index in [2.05, 4.69) is 0 Å². The fourth-order valence-electron chi connectivity index (χ4n) is 3.20. The van der Waals surface area contributed by atoms with Crippen molar-refractivity contribution in [2.45, 2.75) is 26.3 Å². The molecule has 1 saturated heterocycles. The van der Waals surface area contributed by atoms with Crippen LogP contribution in [0.3, 0.4) is 0 Å². The number of rotatable bonds is 6. The summed E-state index contributed by atoms with van der Waals surface area (Å²) in [6, 6.07) is 15.7. The number of hydrogen-bond donors (Lipinski definition) is 0. The number of nitrogens with zero attached hydrogens (tertiary/aromatic N) is 2. The monoisotopic (exact) mass is 392 g/mol. The van der Waals surface area contributed by atoms with Gasteiger partial charge < -0.3 is 4.74 Å². The van der Waals surface area contributed by atoms with Gasteiger partial charge in [0.2, 0.25) is 0 Å². The first kappa shape index (κ1) is 20.3. The van der Waals surface area contributed by atoms with E-state index in [0.29, 0.717) is 17.7 Å². The van der Waals surface area contributed by atoms with E-state index in [1.54, 1.807) is 45.2 Å². The van der Waals surface area contributed by atoms with Gasteiger partial charge in [-0.1, -0.05) is 42.5 Å². The number of hydrogen-bond acceptors (Lipinski definition) is 4. The highest BCUT2D eigenvalue weighted by atomic mass is 16.5. The standard InChI is InChI=1S/C23H24N2O4/c1-16(2)25-22(27)20(15-18-9-11-19(29-3)12-10-18)21(26)24(23(25)28)14-13-17-7-5-4-6-8-17/h4-12,15-16H,13-14H2,1-3H3. The molecule has 0 N–H and O–H groups in total. The van der Waals surface area contributed by atoms with Crippen molar-refractivity contribution in [3.05, 3.63) is 71.3 Å². The maximum absolute atomic E-state index is 13.0. The predicted octanol–water partition coefficient (Wildman–Crippen LogP) is 3.52. The topological polar surface area (TPSA) is 66.9 Å². The quantitative estimate of drug-likeness (QED) is 0.557. The molecule has 1 aliphatic heterocycles. The third-order valence-electron chi connectivity index (χ3n) is 4.77. The van der Waals surface area contributed by atoms with Gasteiger partial charge >= 0.3 is 6.03 Å². The molecule has 0 spiro atoms. The number of ether oxygens (including phenoxy) is 1. The minimum atomic E-state index is -0.571. The molecule has 0 radical (unpaired) electrons. The summed E-state index contributed by atoms with van der Waals surface area (Å²) in [5.74, 6) is -0.456. The SMILES string of the molecule is COc1ccc(C=C2C(=O)N(CCc3ccccc3)C(=O)N(C(C)C)C2=O)cc1. The normalized spacial score (nSPS) is 16.1. The molecule has 1 fully saturated rings. The molecule has 0 atom stereocenters. The minimum Gasteiger partial charge on any atom is -0.497 e. The van der Waals surface area contributed by atoms with Crippen molar-refractivity contribution in [2.75, 3.05) is 13.7 Å². The summed E-state index contributed by atoms with van der Waals surface area (Å²) < 4.78 is 5.14. The molecule has 29 heavy (non-hydrogen) atoms. The predicted molar refractivity (Wildman–Crippen MR) is 110 cm³/mol. The van der Waals surface area contributed by atoms with Crippen LogP contribution in [0.25, 0.3) is 6.08 Å². The van der Waals surface area contributed by atoms with Crippen LogP contribution in [0.5, 0.6) is 5.75 Å². The zero-order chi connectivity index (χ0) is 21.0. The zero-order valence-electron chi connectivity index (χ0n) is 16.8. The highest BCUT2D eigenvalue weighted by molar-refractivity contribution is 6.31. The van der Waals surface area contributed by atoms with Gasteiger partial charge in [0.05, 0.1) is 7.11 Å². The Morgan fingerprint density at radius 1 is 0.931 bits per heavy atom. The Balaban J connectivity index is 1.91. The molecule has 0 aliphatic carbocycles. The smallest absolute Gasteiger partial charge is 0.334 e. The van der Waals surface area contributed by atoms with Gasteiger partial charge in [-0.25, -0.2) is 4.79 Å². The summed E-state index contributed by atoms with van der Waals surface area (Å²) in [4.78, 5) is 41.1. The lowest BCUT2D eigenvalue weighted by Crippen LogP contribution is -2.58. The summed E-state index contributed by atoms with van der Waals surface area (Å²) in [5, 5.41) is 0. The van der Waals surface area contributed by atoms with E-state index in [4.69, 9.17) is 4.74 Å². The number of carbonyl (C=O) groups is 3. The third-order valence-corrected chi connectivity index (χ3v) is 4.77. The summed E-state index contributed by atoms with van der Waals surface area (Å²) in [5.41, 5.74) is 1.68. The number of amides is 4. The van der Waals surface area contributed by atoms with E-state index in [1.165, 1.54) is 6.08 Å². The molecule has 2 aromatic carbocycles. The molecule has 1 aliphatic rings. The van der Waals surface area contributed by atoms with Crippen LogP contribution >= 0.6 is 0 Å². The molecule has 2 aromatic rings. The third kappa shape index (κ3) is 4.37. The van der Waals surface area contributed by atoms with Gasteiger partial charge in [-0.15, -0.1) is 0 Å². The van der Waals surface area contributed by atoms with Crippen molar-refractivity contribution in [3.63, 3.8) is 0 Å².